The lowest BCUT2D eigenvalue weighted by Gasteiger charge is -2.32. The summed E-state index contributed by atoms with van der Waals surface area (Å²) in [5.41, 5.74) is 0.379. The summed E-state index contributed by atoms with van der Waals surface area (Å²) in [7, 11) is 1.64. The predicted octanol–water partition coefficient (Wildman–Crippen LogP) is 2.41. The molecule has 1 aromatic rings. The van der Waals surface area contributed by atoms with Crippen molar-refractivity contribution in [2.75, 3.05) is 13.6 Å². The van der Waals surface area contributed by atoms with E-state index >= 15 is 0 Å². The smallest absolute Gasteiger partial charge is 0.416 e. The molecular weight excluding hydrogens is 309 g/mol. The summed E-state index contributed by atoms with van der Waals surface area (Å²) in [5.74, 6) is 0.190. The van der Waals surface area contributed by atoms with Gasteiger partial charge >= 0.3 is 6.18 Å². The lowest BCUT2D eigenvalue weighted by atomic mass is 9.99. The summed E-state index contributed by atoms with van der Waals surface area (Å²) in [6.07, 6.45) is 0.299. The van der Waals surface area contributed by atoms with E-state index in [-0.39, 0.29) is 12.4 Å². The standard InChI is InChI=1S/C15H13F3N4O/c1-19-14-21-8-11(10-3-2-5-20-13(10)23)12-7-9(15(16,17)18)4-6-22(12)14/h2-7H,8H2,1H3,(H,19,21)(H,20,23). The van der Waals surface area contributed by atoms with Gasteiger partial charge < -0.3 is 10.4 Å². The van der Waals surface area contributed by atoms with Gasteiger partial charge in [0.05, 0.1) is 17.8 Å². The number of pyridine rings is 1. The minimum atomic E-state index is -4.45. The Morgan fingerprint density at radius 2 is 2.13 bits per heavy atom. The number of halogens is 3. The summed E-state index contributed by atoms with van der Waals surface area (Å²) in [6, 6.07) is 3.21. The molecule has 0 saturated heterocycles. The molecule has 23 heavy (non-hydrogen) atoms. The first-order valence-corrected chi connectivity index (χ1v) is 6.78. The molecular formula is C15H13F3N4O. The Hall–Kier alpha value is -2.77. The highest BCUT2D eigenvalue weighted by molar-refractivity contribution is 5.91. The molecule has 2 N–H and O–H groups in total. The Morgan fingerprint density at radius 3 is 2.78 bits per heavy atom. The maximum atomic E-state index is 13.0. The van der Waals surface area contributed by atoms with Crippen molar-refractivity contribution in [3.63, 3.8) is 0 Å². The van der Waals surface area contributed by atoms with E-state index in [2.05, 4.69) is 15.3 Å². The Morgan fingerprint density at radius 1 is 1.35 bits per heavy atom. The zero-order valence-corrected chi connectivity index (χ0v) is 12.1. The van der Waals surface area contributed by atoms with Gasteiger partial charge in [-0.05, 0) is 24.3 Å². The Labute approximate surface area is 130 Å². The van der Waals surface area contributed by atoms with Crippen LogP contribution in [-0.2, 0) is 0 Å². The summed E-state index contributed by atoms with van der Waals surface area (Å²) in [4.78, 5) is 9.58. The molecule has 3 rings (SSSR count). The molecule has 0 atom stereocenters. The van der Waals surface area contributed by atoms with Crippen LogP contribution in [-0.4, -0.2) is 40.7 Å². The summed E-state index contributed by atoms with van der Waals surface area (Å²) in [5, 5.41) is 12.8. The van der Waals surface area contributed by atoms with Gasteiger partial charge in [0.25, 0.3) is 0 Å². The van der Waals surface area contributed by atoms with Crippen molar-refractivity contribution in [2.24, 2.45) is 4.99 Å². The SMILES string of the molecule is CNC1=NCC(c2cccnc2O)=C2C=C(C(F)(F)F)C=CN12. The first-order valence-electron chi connectivity index (χ1n) is 6.78. The van der Waals surface area contributed by atoms with E-state index in [0.717, 1.165) is 12.2 Å². The van der Waals surface area contributed by atoms with Crippen LogP contribution in [0.5, 0.6) is 5.88 Å². The van der Waals surface area contributed by atoms with Crippen molar-refractivity contribution in [3.8, 4) is 5.88 Å². The normalized spacial score (nSPS) is 17.7. The lowest BCUT2D eigenvalue weighted by molar-refractivity contribution is -0.0885. The molecule has 1 aromatic heterocycles. The van der Waals surface area contributed by atoms with Crippen LogP contribution in [0, 0.1) is 0 Å². The number of hydrogen-bond donors (Lipinski definition) is 2. The molecule has 0 unspecified atom stereocenters. The number of alkyl halides is 3. The van der Waals surface area contributed by atoms with Crippen LogP contribution in [0.4, 0.5) is 13.2 Å². The molecule has 2 aliphatic rings. The van der Waals surface area contributed by atoms with Gasteiger partial charge in [-0.2, -0.15) is 13.2 Å². The Balaban J connectivity index is 2.17. The first kappa shape index (κ1) is 15.1. The Kier molecular flexibility index (Phi) is 3.59. The molecule has 0 fully saturated rings. The van der Waals surface area contributed by atoms with Crippen LogP contribution in [0.2, 0.25) is 0 Å². The van der Waals surface area contributed by atoms with Crippen LogP contribution >= 0.6 is 0 Å². The highest BCUT2D eigenvalue weighted by Crippen LogP contribution is 2.37. The monoisotopic (exact) mass is 322 g/mol. The molecule has 0 bridgehead atoms. The van der Waals surface area contributed by atoms with Crippen molar-refractivity contribution in [2.45, 2.75) is 6.18 Å². The summed E-state index contributed by atoms with van der Waals surface area (Å²) < 4.78 is 39.1. The minimum Gasteiger partial charge on any atom is -0.493 e. The fraction of sp³-hybridized carbons (Fsp3) is 0.200. The van der Waals surface area contributed by atoms with Crippen LogP contribution in [0.1, 0.15) is 5.56 Å². The van der Waals surface area contributed by atoms with E-state index in [1.807, 2.05) is 0 Å². The van der Waals surface area contributed by atoms with Crippen molar-refractivity contribution < 1.29 is 18.3 Å². The fourth-order valence-corrected chi connectivity index (χ4v) is 2.46. The molecule has 0 aliphatic carbocycles. The van der Waals surface area contributed by atoms with E-state index in [1.165, 1.54) is 17.3 Å². The van der Waals surface area contributed by atoms with Gasteiger partial charge in [-0.1, -0.05) is 0 Å². The number of allylic oxidation sites excluding steroid dienone is 3. The fourth-order valence-electron chi connectivity index (χ4n) is 2.46. The quantitative estimate of drug-likeness (QED) is 0.833. The molecule has 0 radical (unpaired) electrons. The van der Waals surface area contributed by atoms with E-state index in [9.17, 15) is 18.3 Å². The first-order chi connectivity index (χ1) is 10.9. The van der Waals surface area contributed by atoms with E-state index in [4.69, 9.17) is 0 Å². The Bertz CT molecular complexity index is 762. The molecule has 8 heteroatoms. The van der Waals surface area contributed by atoms with Crippen molar-refractivity contribution >= 4 is 11.5 Å². The maximum Gasteiger partial charge on any atom is 0.416 e. The second-order valence-electron chi connectivity index (χ2n) is 4.91. The van der Waals surface area contributed by atoms with Crippen molar-refractivity contribution in [1.29, 1.82) is 0 Å². The average Bonchev–Trinajstić information content (AvgIpc) is 2.53. The third-order valence-corrected chi connectivity index (χ3v) is 3.54. The summed E-state index contributed by atoms with van der Waals surface area (Å²) in [6.45, 7) is 0.136. The molecule has 0 saturated carbocycles. The van der Waals surface area contributed by atoms with Crippen molar-refractivity contribution in [3.05, 3.63) is 53.5 Å². The second-order valence-corrected chi connectivity index (χ2v) is 4.91. The second kappa shape index (κ2) is 5.45. The topological polar surface area (TPSA) is 60.8 Å². The molecule has 3 heterocycles. The molecule has 2 aliphatic heterocycles. The largest absolute Gasteiger partial charge is 0.493 e. The van der Waals surface area contributed by atoms with E-state index in [0.29, 0.717) is 22.8 Å². The average molecular weight is 322 g/mol. The molecule has 0 amide bonds. The number of nitrogens with one attached hydrogen (secondary N) is 1. The number of guanidine groups is 1. The van der Waals surface area contributed by atoms with Gasteiger partial charge in [0.15, 0.2) is 0 Å². The lowest BCUT2D eigenvalue weighted by Crippen LogP contribution is -2.39. The maximum absolute atomic E-state index is 13.0. The third kappa shape index (κ3) is 2.67. The highest BCUT2D eigenvalue weighted by Gasteiger charge is 2.36. The van der Waals surface area contributed by atoms with Crippen molar-refractivity contribution in [1.82, 2.24) is 15.2 Å². The number of nitrogens with zero attached hydrogens (tertiary/aromatic N) is 3. The number of aliphatic imine (C=N–C) groups is 1. The molecule has 0 spiro atoms. The van der Waals surface area contributed by atoms with E-state index < -0.39 is 11.7 Å². The van der Waals surface area contributed by atoms with Crippen LogP contribution in [0.3, 0.4) is 0 Å². The number of rotatable bonds is 1. The van der Waals surface area contributed by atoms with Crippen LogP contribution < -0.4 is 5.32 Å². The number of fused-ring (bicyclic) bond motifs is 1. The van der Waals surface area contributed by atoms with Crippen LogP contribution in [0.15, 0.2) is 52.9 Å². The zero-order valence-electron chi connectivity index (χ0n) is 12.1. The van der Waals surface area contributed by atoms with Gasteiger partial charge in [-0.3, -0.25) is 4.90 Å². The van der Waals surface area contributed by atoms with Crippen LogP contribution in [0.25, 0.3) is 5.57 Å². The highest BCUT2D eigenvalue weighted by atomic mass is 19.4. The number of hydrogen-bond acceptors (Lipinski definition) is 5. The predicted molar refractivity (Wildman–Crippen MR) is 79.3 cm³/mol. The summed E-state index contributed by atoms with van der Waals surface area (Å²) >= 11 is 0. The minimum absolute atomic E-state index is 0.136. The number of aromatic nitrogens is 1. The van der Waals surface area contributed by atoms with E-state index in [1.54, 1.807) is 19.2 Å². The van der Waals surface area contributed by atoms with Gasteiger partial charge in [0.1, 0.15) is 0 Å². The van der Waals surface area contributed by atoms with Gasteiger partial charge in [-0.15, -0.1) is 0 Å². The molecule has 0 aromatic carbocycles. The zero-order chi connectivity index (χ0) is 16.6. The van der Waals surface area contributed by atoms with Gasteiger partial charge in [0.2, 0.25) is 11.8 Å². The number of aromatic hydroxyl groups is 1. The van der Waals surface area contributed by atoms with Gasteiger partial charge in [0, 0.05) is 30.6 Å². The molecule has 5 nitrogen and oxygen atoms in total. The van der Waals surface area contributed by atoms with Gasteiger partial charge in [-0.25, -0.2) is 9.98 Å². The molecule has 120 valence electrons. The third-order valence-electron chi connectivity index (χ3n) is 3.54.